The van der Waals surface area contributed by atoms with Gasteiger partial charge in [-0.15, -0.1) is 0 Å². The van der Waals surface area contributed by atoms with Crippen LogP contribution in [0.15, 0.2) is 36.4 Å². The molecule has 0 spiro atoms. The number of ether oxygens (including phenoxy) is 1. The molecule has 0 unspecified atom stereocenters. The van der Waals surface area contributed by atoms with E-state index in [0.29, 0.717) is 12.3 Å². The first-order valence-corrected chi connectivity index (χ1v) is 7.33. The molecule has 0 radical (unpaired) electrons. The lowest BCUT2D eigenvalue weighted by Gasteiger charge is -2.24. The number of hydrogen-bond acceptors (Lipinski definition) is 4. The molecule has 1 aromatic carbocycles. The minimum Gasteiger partial charge on any atom is -0.494 e. The number of nitrogens with zero attached hydrogens (tertiary/aromatic N) is 2. The third-order valence-corrected chi connectivity index (χ3v) is 3.27. The SMILES string of the molecule is CCOc1cc(N)cc(N(CC)Cc2cccc(C)n2)c1. The minimum atomic E-state index is 0.633. The van der Waals surface area contributed by atoms with Crippen LogP contribution in [0.3, 0.4) is 0 Å². The van der Waals surface area contributed by atoms with Crippen molar-refractivity contribution in [1.29, 1.82) is 0 Å². The largest absolute Gasteiger partial charge is 0.494 e. The molecule has 0 aliphatic rings. The van der Waals surface area contributed by atoms with E-state index in [-0.39, 0.29) is 0 Å². The van der Waals surface area contributed by atoms with Crippen LogP contribution in [0.4, 0.5) is 11.4 Å². The smallest absolute Gasteiger partial charge is 0.123 e. The third-order valence-electron chi connectivity index (χ3n) is 3.27. The van der Waals surface area contributed by atoms with Gasteiger partial charge in [0.2, 0.25) is 0 Å². The molecule has 2 N–H and O–H groups in total. The Morgan fingerprint density at radius 2 is 2.00 bits per heavy atom. The molecule has 2 aromatic rings. The summed E-state index contributed by atoms with van der Waals surface area (Å²) in [5.74, 6) is 0.808. The molecule has 112 valence electrons. The van der Waals surface area contributed by atoms with Crippen molar-refractivity contribution >= 4 is 11.4 Å². The maximum atomic E-state index is 5.98. The molecule has 0 saturated carbocycles. The molecule has 0 saturated heterocycles. The molecule has 0 atom stereocenters. The van der Waals surface area contributed by atoms with Crippen molar-refractivity contribution < 1.29 is 4.74 Å². The molecular formula is C17H23N3O. The Labute approximate surface area is 126 Å². The van der Waals surface area contributed by atoms with Gasteiger partial charge in [0.05, 0.1) is 18.8 Å². The molecule has 0 aliphatic carbocycles. The lowest BCUT2D eigenvalue weighted by molar-refractivity contribution is 0.340. The fourth-order valence-corrected chi connectivity index (χ4v) is 2.31. The standard InChI is InChI=1S/C17H23N3O/c1-4-20(12-15-8-6-7-13(3)19-15)16-9-14(18)10-17(11-16)21-5-2/h6-11H,4-5,12,18H2,1-3H3. The molecule has 1 aromatic heterocycles. The van der Waals surface area contributed by atoms with E-state index in [1.54, 1.807) is 0 Å². The highest BCUT2D eigenvalue weighted by atomic mass is 16.5. The Balaban J connectivity index is 2.24. The van der Waals surface area contributed by atoms with Gasteiger partial charge in [-0.1, -0.05) is 6.07 Å². The molecule has 21 heavy (non-hydrogen) atoms. The number of anilines is 2. The van der Waals surface area contributed by atoms with Crippen molar-refractivity contribution in [3.63, 3.8) is 0 Å². The van der Waals surface area contributed by atoms with E-state index in [0.717, 1.165) is 35.9 Å². The van der Waals surface area contributed by atoms with Gasteiger partial charge >= 0.3 is 0 Å². The summed E-state index contributed by atoms with van der Waals surface area (Å²) in [4.78, 5) is 6.80. The van der Waals surface area contributed by atoms with Crippen molar-refractivity contribution in [2.75, 3.05) is 23.8 Å². The molecule has 0 aliphatic heterocycles. The summed E-state index contributed by atoms with van der Waals surface area (Å²) in [5.41, 5.74) is 9.84. The van der Waals surface area contributed by atoms with E-state index in [1.165, 1.54) is 0 Å². The summed E-state index contributed by atoms with van der Waals surface area (Å²) in [6, 6.07) is 11.9. The van der Waals surface area contributed by atoms with Gasteiger partial charge < -0.3 is 15.4 Å². The molecule has 0 amide bonds. The van der Waals surface area contributed by atoms with Crippen molar-refractivity contribution in [3.05, 3.63) is 47.8 Å². The normalized spacial score (nSPS) is 10.4. The second-order valence-electron chi connectivity index (χ2n) is 4.98. The Morgan fingerprint density at radius 1 is 1.19 bits per heavy atom. The predicted molar refractivity (Wildman–Crippen MR) is 87.7 cm³/mol. The fourth-order valence-electron chi connectivity index (χ4n) is 2.31. The van der Waals surface area contributed by atoms with Gasteiger partial charge in [-0.3, -0.25) is 4.98 Å². The summed E-state index contributed by atoms with van der Waals surface area (Å²) < 4.78 is 5.57. The van der Waals surface area contributed by atoms with Crippen LogP contribution < -0.4 is 15.4 Å². The maximum Gasteiger partial charge on any atom is 0.123 e. The number of benzene rings is 1. The Morgan fingerprint density at radius 3 is 2.67 bits per heavy atom. The average molecular weight is 285 g/mol. The van der Waals surface area contributed by atoms with E-state index in [1.807, 2.05) is 50.2 Å². The average Bonchev–Trinajstić information content (AvgIpc) is 2.44. The number of nitrogens with two attached hydrogens (primary N) is 1. The first kappa shape index (κ1) is 15.2. The molecule has 0 bridgehead atoms. The second-order valence-corrected chi connectivity index (χ2v) is 4.98. The van der Waals surface area contributed by atoms with E-state index in [4.69, 9.17) is 10.5 Å². The second kappa shape index (κ2) is 6.97. The van der Waals surface area contributed by atoms with Gasteiger partial charge in [0.25, 0.3) is 0 Å². The molecule has 4 heteroatoms. The van der Waals surface area contributed by atoms with Crippen LogP contribution in [0.5, 0.6) is 5.75 Å². The van der Waals surface area contributed by atoms with Gasteiger partial charge in [0.1, 0.15) is 5.75 Å². The van der Waals surface area contributed by atoms with E-state index in [9.17, 15) is 0 Å². The summed E-state index contributed by atoms with van der Waals surface area (Å²) in [6.07, 6.45) is 0. The number of aryl methyl sites for hydroxylation is 1. The van der Waals surface area contributed by atoms with Gasteiger partial charge in [0.15, 0.2) is 0 Å². The number of aromatic nitrogens is 1. The van der Waals surface area contributed by atoms with Crippen molar-refractivity contribution in [3.8, 4) is 5.75 Å². The van der Waals surface area contributed by atoms with Crippen molar-refractivity contribution in [2.24, 2.45) is 0 Å². The highest BCUT2D eigenvalue weighted by molar-refractivity contribution is 5.60. The summed E-state index contributed by atoms with van der Waals surface area (Å²) >= 11 is 0. The summed E-state index contributed by atoms with van der Waals surface area (Å²) in [6.45, 7) is 8.37. The van der Waals surface area contributed by atoms with Crippen molar-refractivity contribution in [2.45, 2.75) is 27.3 Å². The van der Waals surface area contributed by atoms with Crippen LogP contribution in [0.2, 0.25) is 0 Å². The van der Waals surface area contributed by atoms with Gasteiger partial charge in [-0.05, 0) is 39.0 Å². The first-order valence-electron chi connectivity index (χ1n) is 7.33. The zero-order valence-corrected chi connectivity index (χ0v) is 13.0. The maximum absolute atomic E-state index is 5.98. The minimum absolute atomic E-state index is 0.633. The third kappa shape index (κ3) is 4.12. The van der Waals surface area contributed by atoms with Crippen LogP contribution in [0.1, 0.15) is 25.2 Å². The molecule has 4 nitrogen and oxygen atoms in total. The zero-order valence-electron chi connectivity index (χ0n) is 13.0. The lowest BCUT2D eigenvalue weighted by Crippen LogP contribution is -2.23. The Bertz CT molecular complexity index is 598. The highest BCUT2D eigenvalue weighted by Gasteiger charge is 2.09. The molecule has 0 fully saturated rings. The zero-order chi connectivity index (χ0) is 15.2. The van der Waals surface area contributed by atoms with Crippen LogP contribution in [0.25, 0.3) is 0 Å². The van der Waals surface area contributed by atoms with E-state index in [2.05, 4.69) is 16.8 Å². The van der Waals surface area contributed by atoms with Gasteiger partial charge in [-0.2, -0.15) is 0 Å². The summed E-state index contributed by atoms with van der Waals surface area (Å²) in [5, 5.41) is 0. The molecule has 1 heterocycles. The van der Waals surface area contributed by atoms with Crippen LogP contribution in [-0.4, -0.2) is 18.1 Å². The number of nitrogen functional groups attached to an aromatic ring is 1. The van der Waals surface area contributed by atoms with Crippen LogP contribution in [-0.2, 0) is 6.54 Å². The molecular weight excluding hydrogens is 262 g/mol. The fraction of sp³-hybridized carbons (Fsp3) is 0.353. The number of hydrogen-bond donors (Lipinski definition) is 1. The first-order chi connectivity index (χ1) is 10.1. The topological polar surface area (TPSA) is 51.4 Å². The monoisotopic (exact) mass is 285 g/mol. The number of rotatable bonds is 6. The van der Waals surface area contributed by atoms with E-state index < -0.39 is 0 Å². The predicted octanol–water partition coefficient (Wildman–Crippen LogP) is 3.40. The lowest BCUT2D eigenvalue weighted by atomic mass is 10.2. The van der Waals surface area contributed by atoms with Crippen LogP contribution >= 0.6 is 0 Å². The Kier molecular flexibility index (Phi) is 5.04. The molecule has 2 rings (SSSR count). The highest BCUT2D eigenvalue weighted by Crippen LogP contribution is 2.26. The summed E-state index contributed by atoms with van der Waals surface area (Å²) in [7, 11) is 0. The number of pyridine rings is 1. The van der Waals surface area contributed by atoms with Crippen LogP contribution in [0, 0.1) is 6.92 Å². The quantitative estimate of drug-likeness (QED) is 0.826. The van der Waals surface area contributed by atoms with E-state index >= 15 is 0 Å². The Hall–Kier alpha value is -2.23. The van der Waals surface area contributed by atoms with Gasteiger partial charge in [-0.25, -0.2) is 0 Å². The van der Waals surface area contributed by atoms with Gasteiger partial charge in [0, 0.05) is 35.7 Å². The van der Waals surface area contributed by atoms with Crippen molar-refractivity contribution in [1.82, 2.24) is 4.98 Å².